The van der Waals surface area contributed by atoms with Gasteiger partial charge in [0.1, 0.15) is 5.60 Å². The van der Waals surface area contributed by atoms with Gasteiger partial charge in [-0.2, -0.15) is 0 Å². The molecule has 0 aromatic heterocycles. The second-order valence-electron chi connectivity index (χ2n) is 8.66. The molecule has 4 N–H and O–H groups in total. The largest absolute Gasteiger partial charge is 0.504 e. The van der Waals surface area contributed by atoms with Crippen LogP contribution in [0.15, 0.2) is 35.6 Å². The molecule has 25 heavy (non-hydrogen) atoms. The Hall–Kier alpha value is -1.43. The van der Waals surface area contributed by atoms with Crippen molar-refractivity contribution in [3.8, 4) is 0 Å². The Morgan fingerprint density at radius 1 is 1.28 bits per heavy atom. The predicted octanol–water partition coefficient (Wildman–Crippen LogP) is 2.18. The Balaban J connectivity index is 2.34. The molecule has 0 heterocycles. The van der Waals surface area contributed by atoms with E-state index < -0.39 is 39.5 Å². The Bertz CT molecular complexity index is 707. The number of hydrogen-bond acceptors (Lipinski definition) is 5. The van der Waals surface area contributed by atoms with Crippen molar-refractivity contribution in [1.82, 2.24) is 0 Å². The highest BCUT2D eigenvalue weighted by Crippen LogP contribution is 2.63. The zero-order valence-electron chi connectivity index (χ0n) is 15.2. The number of carbonyl (C=O) groups excluding carboxylic acids is 1. The summed E-state index contributed by atoms with van der Waals surface area (Å²) in [4.78, 5) is 12.9. The number of rotatable bonds is 2. The van der Waals surface area contributed by atoms with Gasteiger partial charge in [0.2, 0.25) is 5.78 Å². The van der Waals surface area contributed by atoms with Gasteiger partial charge in [-0.1, -0.05) is 32.9 Å². The van der Waals surface area contributed by atoms with E-state index in [4.69, 9.17) is 0 Å². The van der Waals surface area contributed by atoms with Crippen LogP contribution in [-0.4, -0.2) is 44.5 Å². The van der Waals surface area contributed by atoms with E-state index in [2.05, 4.69) is 6.58 Å². The summed E-state index contributed by atoms with van der Waals surface area (Å²) in [5.74, 6) is -1.06. The summed E-state index contributed by atoms with van der Waals surface area (Å²) in [6.07, 6.45) is 4.18. The van der Waals surface area contributed by atoms with E-state index in [9.17, 15) is 25.2 Å². The second kappa shape index (κ2) is 5.29. The Morgan fingerprint density at radius 2 is 1.92 bits per heavy atom. The summed E-state index contributed by atoms with van der Waals surface area (Å²) >= 11 is 0. The summed E-state index contributed by atoms with van der Waals surface area (Å²) in [7, 11) is 0. The normalized spacial score (nSPS) is 47.0. The van der Waals surface area contributed by atoms with Gasteiger partial charge >= 0.3 is 0 Å². The molecule has 5 atom stereocenters. The highest BCUT2D eigenvalue weighted by atomic mass is 16.3. The Morgan fingerprint density at radius 3 is 2.48 bits per heavy atom. The highest BCUT2D eigenvalue weighted by molar-refractivity contribution is 6.10. The summed E-state index contributed by atoms with van der Waals surface area (Å²) in [6.45, 7) is 8.95. The van der Waals surface area contributed by atoms with E-state index in [1.807, 2.05) is 6.92 Å². The first-order valence-corrected chi connectivity index (χ1v) is 8.86. The van der Waals surface area contributed by atoms with Crippen LogP contribution in [0.5, 0.6) is 0 Å². The summed E-state index contributed by atoms with van der Waals surface area (Å²) in [6, 6.07) is 0. The van der Waals surface area contributed by atoms with Crippen LogP contribution in [0.2, 0.25) is 0 Å². The lowest BCUT2D eigenvalue weighted by molar-refractivity contribution is -0.151. The van der Waals surface area contributed by atoms with E-state index in [-0.39, 0.29) is 24.2 Å². The third-order valence-corrected chi connectivity index (χ3v) is 7.07. The molecule has 3 rings (SSSR count). The van der Waals surface area contributed by atoms with Crippen molar-refractivity contribution in [2.75, 3.05) is 6.61 Å². The maximum Gasteiger partial charge on any atom is 0.225 e. The molecule has 5 nitrogen and oxygen atoms in total. The van der Waals surface area contributed by atoms with Gasteiger partial charge in [-0.25, -0.2) is 0 Å². The number of aliphatic hydroxyl groups is 4. The molecule has 0 aliphatic heterocycles. The van der Waals surface area contributed by atoms with Crippen LogP contribution in [0.4, 0.5) is 0 Å². The van der Waals surface area contributed by atoms with Crippen molar-refractivity contribution in [3.05, 3.63) is 35.6 Å². The molecule has 0 amide bonds. The van der Waals surface area contributed by atoms with E-state index in [0.717, 1.165) is 0 Å². The standard InChI is InChI=1S/C20H28O5/c1-5-17(2)8-9-20(25)12(10-17)14(23)15(24)16-18(3,11-21)7-6-13(22)19(16,20)4/h5,10,13,21-22,24-25H,1,6-9,11H2,2-4H3/t13-,17+,18+,19+,20-/m1/s1. The van der Waals surface area contributed by atoms with Crippen molar-refractivity contribution < 1.29 is 25.2 Å². The zero-order chi connectivity index (χ0) is 18.8. The number of fused-ring (bicyclic) bond motifs is 3. The van der Waals surface area contributed by atoms with Gasteiger partial charge in [-0.15, -0.1) is 6.58 Å². The van der Waals surface area contributed by atoms with Crippen LogP contribution in [0.1, 0.15) is 46.5 Å². The summed E-state index contributed by atoms with van der Waals surface area (Å²) in [5.41, 5.74) is -3.70. The first-order valence-electron chi connectivity index (χ1n) is 8.86. The topological polar surface area (TPSA) is 98.0 Å². The lowest BCUT2D eigenvalue weighted by Gasteiger charge is -2.60. The van der Waals surface area contributed by atoms with Gasteiger partial charge in [-0.05, 0) is 31.3 Å². The van der Waals surface area contributed by atoms with E-state index in [0.29, 0.717) is 19.3 Å². The molecular weight excluding hydrogens is 320 g/mol. The van der Waals surface area contributed by atoms with Crippen molar-refractivity contribution in [1.29, 1.82) is 0 Å². The maximum absolute atomic E-state index is 12.9. The molecule has 3 aliphatic rings. The first-order chi connectivity index (χ1) is 11.5. The molecule has 0 unspecified atom stereocenters. The molecule has 0 radical (unpaired) electrons. The fraction of sp³-hybridized carbons (Fsp3) is 0.650. The van der Waals surface area contributed by atoms with Gasteiger partial charge in [0.05, 0.1) is 18.1 Å². The van der Waals surface area contributed by atoms with Crippen molar-refractivity contribution in [3.63, 3.8) is 0 Å². The molecule has 5 heteroatoms. The van der Waals surface area contributed by atoms with E-state index in [1.54, 1.807) is 26.0 Å². The number of carbonyl (C=O) groups is 1. The van der Waals surface area contributed by atoms with E-state index >= 15 is 0 Å². The second-order valence-corrected chi connectivity index (χ2v) is 8.66. The van der Waals surface area contributed by atoms with Crippen LogP contribution in [0.25, 0.3) is 0 Å². The molecule has 0 saturated heterocycles. The smallest absolute Gasteiger partial charge is 0.225 e. The average molecular weight is 348 g/mol. The molecular formula is C20H28O5. The molecule has 0 aromatic rings. The van der Waals surface area contributed by atoms with Crippen LogP contribution in [0.3, 0.4) is 0 Å². The van der Waals surface area contributed by atoms with Crippen molar-refractivity contribution >= 4 is 5.78 Å². The minimum atomic E-state index is -1.58. The monoisotopic (exact) mass is 348 g/mol. The molecule has 0 spiro atoms. The quantitative estimate of drug-likeness (QED) is 0.574. The summed E-state index contributed by atoms with van der Waals surface area (Å²) < 4.78 is 0. The van der Waals surface area contributed by atoms with Crippen LogP contribution < -0.4 is 0 Å². The van der Waals surface area contributed by atoms with Gasteiger partial charge in [0.15, 0.2) is 5.76 Å². The minimum absolute atomic E-state index is 0.131. The number of Topliss-reactive ketones (excluding diaryl/α,β-unsaturated/α-hetero) is 1. The van der Waals surface area contributed by atoms with Crippen molar-refractivity contribution in [2.24, 2.45) is 16.2 Å². The molecule has 1 saturated carbocycles. The van der Waals surface area contributed by atoms with Gasteiger partial charge < -0.3 is 20.4 Å². The predicted molar refractivity (Wildman–Crippen MR) is 93.8 cm³/mol. The maximum atomic E-state index is 12.9. The van der Waals surface area contributed by atoms with Crippen LogP contribution in [0, 0.1) is 16.2 Å². The third-order valence-electron chi connectivity index (χ3n) is 7.07. The van der Waals surface area contributed by atoms with Crippen LogP contribution in [-0.2, 0) is 4.79 Å². The molecule has 3 aliphatic carbocycles. The zero-order valence-corrected chi connectivity index (χ0v) is 15.2. The van der Waals surface area contributed by atoms with E-state index in [1.165, 1.54) is 0 Å². The first kappa shape index (κ1) is 18.4. The third kappa shape index (κ3) is 2.09. The lowest BCUT2D eigenvalue weighted by Crippen LogP contribution is -2.65. The summed E-state index contributed by atoms with van der Waals surface area (Å²) in [5, 5.41) is 43.2. The number of ketones is 1. The molecule has 0 bridgehead atoms. The molecule has 1 fully saturated rings. The SMILES string of the molecule is C=C[C@]1(C)C=C2C(=O)C(O)=C3[C@](C)(CO)CC[C@@H](O)[C@]3(C)[C@@]2(O)CC1. The fourth-order valence-corrected chi connectivity index (χ4v) is 5.14. The number of aliphatic hydroxyl groups excluding tert-OH is 3. The van der Waals surface area contributed by atoms with Gasteiger partial charge in [0, 0.05) is 16.4 Å². The van der Waals surface area contributed by atoms with Gasteiger partial charge in [-0.3, -0.25) is 4.79 Å². The number of hydrogen-bond donors (Lipinski definition) is 4. The average Bonchev–Trinajstić information content (AvgIpc) is 2.59. The van der Waals surface area contributed by atoms with Crippen molar-refractivity contribution in [2.45, 2.75) is 58.2 Å². The highest BCUT2D eigenvalue weighted by Gasteiger charge is 2.67. The van der Waals surface area contributed by atoms with Crippen LogP contribution >= 0.6 is 0 Å². The van der Waals surface area contributed by atoms with Gasteiger partial charge in [0.25, 0.3) is 0 Å². The number of allylic oxidation sites excluding steroid dienone is 3. The Labute approximate surface area is 148 Å². The lowest BCUT2D eigenvalue weighted by atomic mass is 9.46. The fourth-order valence-electron chi connectivity index (χ4n) is 5.14. The molecule has 0 aromatic carbocycles. The minimum Gasteiger partial charge on any atom is -0.504 e. The molecule has 138 valence electrons. The Kier molecular flexibility index (Phi) is 3.88.